The van der Waals surface area contributed by atoms with E-state index < -0.39 is 0 Å². The smallest absolute Gasteiger partial charge is 0.270 e. The van der Waals surface area contributed by atoms with Gasteiger partial charge in [-0.05, 0) is 24.6 Å². The molecule has 0 atom stereocenters. The van der Waals surface area contributed by atoms with E-state index in [0.29, 0.717) is 28.2 Å². The number of amides is 1. The van der Waals surface area contributed by atoms with Crippen LogP contribution in [0.4, 0.5) is 0 Å². The van der Waals surface area contributed by atoms with Crippen LogP contribution in [0.3, 0.4) is 0 Å². The number of rotatable bonds is 6. The number of hydrogen-bond acceptors (Lipinski definition) is 5. The van der Waals surface area contributed by atoms with Gasteiger partial charge in [0.25, 0.3) is 5.91 Å². The summed E-state index contributed by atoms with van der Waals surface area (Å²) in [6.45, 7) is 2.75. The molecule has 0 fully saturated rings. The predicted octanol–water partition coefficient (Wildman–Crippen LogP) is 3.06. The molecule has 0 aliphatic rings. The Balaban J connectivity index is 1.60. The maximum atomic E-state index is 13.0. The molecule has 2 aromatic carbocycles. The minimum absolute atomic E-state index is 0.205. The molecule has 168 valence electrons. The zero-order chi connectivity index (χ0) is 23.5. The minimum Gasteiger partial charge on any atom is -0.354 e. The van der Waals surface area contributed by atoms with Crippen LogP contribution in [0.1, 0.15) is 27.7 Å². The van der Waals surface area contributed by atoms with E-state index in [1.807, 2.05) is 49.4 Å². The van der Waals surface area contributed by atoms with Crippen molar-refractivity contribution in [2.75, 3.05) is 0 Å². The van der Waals surface area contributed by atoms with Gasteiger partial charge in [-0.15, -0.1) is 0 Å². The van der Waals surface area contributed by atoms with Crippen LogP contribution in [-0.4, -0.2) is 31.1 Å². The quantitative estimate of drug-likeness (QED) is 0.367. The first-order chi connectivity index (χ1) is 16.6. The summed E-state index contributed by atoms with van der Waals surface area (Å²) in [5.74, 6) is 0.906. The Morgan fingerprint density at radius 3 is 2.50 bits per heavy atom. The summed E-state index contributed by atoms with van der Waals surface area (Å²) in [5.41, 5.74) is 9.93. The molecule has 0 saturated heterocycles. The van der Waals surface area contributed by atoms with E-state index in [0.717, 1.165) is 34.5 Å². The molecule has 5 rings (SSSR count). The van der Waals surface area contributed by atoms with Crippen LogP contribution in [0, 0.1) is 6.92 Å². The number of aromatic nitrogens is 5. The highest BCUT2D eigenvalue weighted by Gasteiger charge is 2.17. The van der Waals surface area contributed by atoms with E-state index in [1.165, 1.54) is 0 Å². The van der Waals surface area contributed by atoms with Gasteiger partial charge < -0.3 is 11.1 Å². The Bertz CT molecular complexity index is 1460. The number of H-pyrrole nitrogens is 1. The average Bonchev–Trinajstić information content (AvgIpc) is 3.31. The molecule has 3 aromatic heterocycles. The Labute approximate surface area is 196 Å². The molecule has 8 heteroatoms. The molecule has 0 saturated carbocycles. The molecule has 0 spiro atoms. The van der Waals surface area contributed by atoms with Gasteiger partial charge in [-0.1, -0.05) is 54.6 Å². The lowest BCUT2D eigenvalue weighted by molar-refractivity contribution is -0.386. The number of fused-ring (bicyclic) bond motifs is 1. The number of quaternary nitrogens is 1. The van der Waals surface area contributed by atoms with E-state index in [-0.39, 0.29) is 12.5 Å². The number of benzene rings is 2. The standard InChI is InChI=1S/C26H23N7O/c1-16-30-23(33-32-16)15-29-26(34)25-21-13-20(18-5-3-2-4-6-18)24(31-22(21)11-12-28-25)19-9-7-17(14-27)8-10-19/h2-13H,14-15,27H2,1H3,(H,29,34)(H,30,32,33)/p+1. The number of nitrogens with one attached hydrogen (secondary N) is 2. The number of pyridine rings is 2. The van der Waals surface area contributed by atoms with Crippen molar-refractivity contribution < 1.29 is 10.5 Å². The number of aromatic amines is 1. The lowest BCUT2D eigenvalue weighted by atomic mass is 9.96. The molecule has 5 N–H and O–H groups in total. The van der Waals surface area contributed by atoms with Crippen LogP contribution in [0.15, 0.2) is 72.9 Å². The molecule has 5 aromatic rings. The number of carbonyl (C=O) groups excluding carboxylic acids is 1. The van der Waals surface area contributed by atoms with Crippen LogP contribution in [0.25, 0.3) is 33.3 Å². The van der Waals surface area contributed by atoms with Gasteiger partial charge in [-0.3, -0.25) is 14.9 Å². The van der Waals surface area contributed by atoms with E-state index in [4.69, 9.17) is 4.98 Å². The molecule has 1 amide bonds. The molecular formula is C26H24N7O+. The van der Waals surface area contributed by atoms with Crippen molar-refractivity contribution in [2.24, 2.45) is 0 Å². The molecule has 8 nitrogen and oxygen atoms in total. The van der Waals surface area contributed by atoms with Gasteiger partial charge >= 0.3 is 0 Å². The SMILES string of the molecule is Cc1nc(CNC(=O)c2nccc3nc(-c4ccc(C[NH3+])cc4)c(-c4ccccc4)cc23)n[nH]1. The number of hydrogen-bond donors (Lipinski definition) is 3. The van der Waals surface area contributed by atoms with Gasteiger partial charge in [0, 0.05) is 28.3 Å². The lowest BCUT2D eigenvalue weighted by Gasteiger charge is -2.13. The third kappa shape index (κ3) is 4.26. The second-order valence-corrected chi connectivity index (χ2v) is 7.94. The van der Waals surface area contributed by atoms with Crippen molar-refractivity contribution >= 4 is 16.8 Å². The highest BCUT2D eigenvalue weighted by molar-refractivity contribution is 6.06. The van der Waals surface area contributed by atoms with Crippen LogP contribution in [-0.2, 0) is 13.1 Å². The van der Waals surface area contributed by atoms with Crippen molar-refractivity contribution in [1.82, 2.24) is 30.5 Å². The molecule has 0 unspecified atom stereocenters. The van der Waals surface area contributed by atoms with Gasteiger partial charge in [-0.25, -0.2) is 9.97 Å². The van der Waals surface area contributed by atoms with Gasteiger partial charge in [0.1, 0.15) is 11.5 Å². The highest BCUT2D eigenvalue weighted by Crippen LogP contribution is 2.34. The topological polar surface area (TPSA) is 124 Å². The summed E-state index contributed by atoms with van der Waals surface area (Å²) >= 11 is 0. The molecule has 0 radical (unpaired) electrons. The zero-order valence-electron chi connectivity index (χ0n) is 18.7. The molecule has 3 heterocycles. The fourth-order valence-electron chi connectivity index (χ4n) is 3.88. The van der Waals surface area contributed by atoms with Crippen molar-refractivity contribution in [3.05, 3.63) is 95.8 Å². The number of carbonyl (C=O) groups is 1. The Kier molecular flexibility index (Phi) is 5.80. The van der Waals surface area contributed by atoms with Crippen molar-refractivity contribution in [1.29, 1.82) is 0 Å². The van der Waals surface area contributed by atoms with Crippen LogP contribution >= 0.6 is 0 Å². The second-order valence-electron chi connectivity index (χ2n) is 7.94. The minimum atomic E-state index is -0.304. The molecular weight excluding hydrogens is 426 g/mol. The normalized spacial score (nSPS) is 11.0. The molecule has 0 bridgehead atoms. The molecule has 0 aliphatic carbocycles. The third-order valence-corrected chi connectivity index (χ3v) is 5.61. The summed E-state index contributed by atoms with van der Waals surface area (Å²) in [7, 11) is 0. The second kappa shape index (κ2) is 9.21. The van der Waals surface area contributed by atoms with Crippen LogP contribution < -0.4 is 11.1 Å². The van der Waals surface area contributed by atoms with E-state index >= 15 is 0 Å². The summed E-state index contributed by atoms with van der Waals surface area (Å²) in [6, 6.07) is 22.1. The van der Waals surface area contributed by atoms with E-state index in [9.17, 15) is 4.79 Å². The first-order valence-electron chi connectivity index (χ1n) is 11.0. The highest BCUT2D eigenvalue weighted by atomic mass is 16.1. The van der Waals surface area contributed by atoms with Crippen LogP contribution in [0.5, 0.6) is 0 Å². The fourth-order valence-corrected chi connectivity index (χ4v) is 3.88. The van der Waals surface area contributed by atoms with Crippen LogP contribution in [0.2, 0.25) is 0 Å². The molecule has 34 heavy (non-hydrogen) atoms. The molecule has 0 aliphatic heterocycles. The van der Waals surface area contributed by atoms with Gasteiger partial charge in [0.2, 0.25) is 0 Å². The van der Waals surface area contributed by atoms with Crippen molar-refractivity contribution in [2.45, 2.75) is 20.0 Å². The summed E-state index contributed by atoms with van der Waals surface area (Å²) in [4.78, 5) is 26.6. The largest absolute Gasteiger partial charge is 0.354 e. The van der Waals surface area contributed by atoms with Crippen molar-refractivity contribution in [3.8, 4) is 22.4 Å². The Morgan fingerprint density at radius 2 is 1.79 bits per heavy atom. The Morgan fingerprint density at radius 1 is 1.00 bits per heavy atom. The summed E-state index contributed by atoms with van der Waals surface area (Å²) in [6.07, 6.45) is 1.61. The van der Waals surface area contributed by atoms with Gasteiger partial charge in [0.15, 0.2) is 5.82 Å². The average molecular weight is 451 g/mol. The number of nitrogens with zero attached hydrogens (tertiary/aromatic N) is 4. The maximum absolute atomic E-state index is 13.0. The zero-order valence-corrected chi connectivity index (χ0v) is 18.7. The van der Waals surface area contributed by atoms with Gasteiger partial charge in [-0.2, -0.15) is 5.10 Å². The Hall–Kier alpha value is -4.43. The maximum Gasteiger partial charge on any atom is 0.270 e. The first-order valence-corrected chi connectivity index (χ1v) is 11.0. The predicted molar refractivity (Wildman–Crippen MR) is 129 cm³/mol. The lowest BCUT2D eigenvalue weighted by Crippen LogP contribution is -2.47. The third-order valence-electron chi connectivity index (χ3n) is 5.61. The van der Waals surface area contributed by atoms with E-state index in [1.54, 1.807) is 6.20 Å². The fraction of sp³-hybridized carbons (Fsp3) is 0.115. The summed E-state index contributed by atoms with van der Waals surface area (Å²) < 4.78 is 0. The van der Waals surface area contributed by atoms with Gasteiger partial charge in [0.05, 0.1) is 24.3 Å². The monoisotopic (exact) mass is 450 g/mol. The first kappa shape index (κ1) is 21.4. The number of aryl methyl sites for hydroxylation is 1. The summed E-state index contributed by atoms with van der Waals surface area (Å²) in [5, 5.41) is 10.4. The van der Waals surface area contributed by atoms with E-state index in [2.05, 4.69) is 55.5 Å². The van der Waals surface area contributed by atoms with Crippen molar-refractivity contribution in [3.63, 3.8) is 0 Å².